The van der Waals surface area contributed by atoms with Crippen molar-refractivity contribution in [3.8, 4) is 5.75 Å². The molecule has 6 heteroatoms. The molecular weight excluding hydrogens is 328 g/mol. The van der Waals surface area contributed by atoms with E-state index in [1.165, 1.54) is 25.9 Å². The van der Waals surface area contributed by atoms with Crippen molar-refractivity contribution >= 4 is 16.9 Å². The number of nitrogens with zero attached hydrogens (tertiary/aromatic N) is 4. The highest BCUT2D eigenvalue weighted by molar-refractivity contribution is 5.83. The van der Waals surface area contributed by atoms with Gasteiger partial charge in [0.2, 0.25) is 5.95 Å². The molecule has 4 rings (SSSR count). The normalized spacial score (nSPS) is 21.9. The van der Waals surface area contributed by atoms with E-state index in [1.807, 2.05) is 18.2 Å². The first kappa shape index (κ1) is 17.5. The molecule has 2 aliphatic rings. The smallest absolute Gasteiger partial charge is 0.226 e. The Morgan fingerprint density at radius 2 is 2.00 bits per heavy atom. The predicted octanol–water partition coefficient (Wildman–Crippen LogP) is 2.64. The largest absolute Gasteiger partial charge is 0.497 e. The van der Waals surface area contributed by atoms with E-state index in [0.29, 0.717) is 0 Å². The summed E-state index contributed by atoms with van der Waals surface area (Å²) in [7, 11) is 1.69. The van der Waals surface area contributed by atoms with Crippen LogP contribution in [0.4, 0.5) is 5.95 Å². The van der Waals surface area contributed by atoms with E-state index in [9.17, 15) is 0 Å². The molecule has 2 aromatic rings. The summed E-state index contributed by atoms with van der Waals surface area (Å²) in [5.74, 6) is 1.63. The molecule has 0 radical (unpaired) electrons. The molecule has 0 aliphatic carbocycles. The van der Waals surface area contributed by atoms with Gasteiger partial charge in [-0.15, -0.1) is 0 Å². The standard InChI is InChI=1S/C20H28N4O2/c1-15-18-7-6-16(25-2)12-19(18)22-20(21-15)24-10-5-11-26-17(14-24)13-23-8-3-4-9-23/h6-7,12,17H,3-5,8-11,13-14H2,1-2H3/t17-/m0/s1. The van der Waals surface area contributed by atoms with Crippen molar-refractivity contribution < 1.29 is 9.47 Å². The van der Waals surface area contributed by atoms with Gasteiger partial charge in [0.25, 0.3) is 0 Å². The number of methoxy groups -OCH3 is 1. The van der Waals surface area contributed by atoms with E-state index in [-0.39, 0.29) is 6.10 Å². The number of likely N-dealkylation sites (tertiary alicyclic amines) is 1. The molecule has 0 N–H and O–H groups in total. The molecule has 6 nitrogen and oxygen atoms in total. The molecule has 0 amide bonds. The highest BCUT2D eigenvalue weighted by atomic mass is 16.5. The minimum Gasteiger partial charge on any atom is -0.497 e. The third-order valence-corrected chi connectivity index (χ3v) is 5.38. The maximum absolute atomic E-state index is 6.11. The topological polar surface area (TPSA) is 50.7 Å². The summed E-state index contributed by atoms with van der Waals surface area (Å²) in [5.41, 5.74) is 1.95. The van der Waals surface area contributed by atoms with Crippen LogP contribution in [0.3, 0.4) is 0 Å². The zero-order valence-electron chi connectivity index (χ0n) is 15.8. The van der Waals surface area contributed by atoms with Crippen molar-refractivity contribution in [2.24, 2.45) is 0 Å². The third kappa shape index (κ3) is 3.76. The number of fused-ring (bicyclic) bond motifs is 1. The first-order valence-corrected chi connectivity index (χ1v) is 9.64. The number of aryl methyl sites for hydroxylation is 1. The van der Waals surface area contributed by atoms with Crippen molar-refractivity contribution in [1.82, 2.24) is 14.9 Å². The summed E-state index contributed by atoms with van der Waals surface area (Å²) >= 11 is 0. The van der Waals surface area contributed by atoms with Gasteiger partial charge in [0.15, 0.2) is 0 Å². The number of benzene rings is 1. The Balaban J connectivity index is 1.57. The fourth-order valence-electron chi connectivity index (χ4n) is 3.96. The van der Waals surface area contributed by atoms with E-state index in [2.05, 4.69) is 16.7 Å². The number of anilines is 1. The van der Waals surface area contributed by atoms with Crippen molar-refractivity contribution in [3.63, 3.8) is 0 Å². The average molecular weight is 356 g/mol. The Labute approximate surface area is 155 Å². The number of ether oxygens (including phenoxy) is 2. The maximum atomic E-state index is 6.11. The first-order valence-electron chi connectivity index (χ1n) is 9.64. The Hall–Kier alpha value is -1.92. The lowest BCUT2D eigenvalue weighted by molar-refractivity contribution is 0.0450. The fraction of sp³-hybridized carbons (Fsp3) is 0.600. The molecule has 26 heavy (non-hydrogen) atoms. The molecule has 140 valence electrons. The Morgan fingerprint density at radius 3 is 2.81 bits per heavy atom. The molecule has 1 aromatic heterocycles. The van der Waals surface area contributed by atoms with E-state index in [0.717, 1.165) is 61.0 Å². The van der Waals surface area contributed by atoms with Crippen LogP contribution in [0, 0.1) is 6.92 Å². The van der Waals surface area contributed by atoms with Gasteiger partial charge < -0.3 is 19.3 Å². The van der Waals surface area contributed by atoms with Crippen LogP contribution in [0.15, 0.2) is 18.2 Å². The van der Waals surface area contributed by atoms with E-state index < -0.39 is 0 Å². The van der Waals surface area contributed by atoms with Gasteiger partial charge in [0, 0.05) is 37.7 Å². The zero-order valence-corrected chi connectivity index (χ0v) is 15.8. The number of aromatic nitrogens is 2. The molecule has 1 atom stereocenters. The average Bonchev–Trinajstić information content (AvgIpc) is 3.05. The van der Waals surface area contributed by atoms with Crippen LogP contribution in [0.1, 0.15) is 25.0 Å². The Morgan fingerprint density at radius 1 is 1.15 bits per heavy atom. The lowest BCUT2D eigenvalue weighted by Gasteiger charge is -2.27. The monoisotopic (exact) mass is 356 g/mol. The van der Waals surface area contributed by atoms with Gasteiger partial charge in [-0.05, 0) is 51.4 Å². The first-order chi connectivity index (χ1) is 12.7. The zero-order chi connectivity index (χ0) is 17.9. The molecule has 2 saturated heterocycles. The fourth-order valence-corrected chi connectivity index (χ4v) is 3.96. The maximum Gasteiger partial charge on any atom is 0.226 e. The SMILES string of the molecule is COc1ccc2c(C)nc(N3CCCO[C@@H](CN4CCCC4)C3)nc2c1. The van der Waals surface area contributed by atoms with Crippen LogP contribution in [0.5, 0.6) is 5.75 Å². The highest BCUT2D eigenvalue weighted by Gasteiger charge is 2.24. The van der Waals surface area contributed by atoms with Crippen molar-refractivity contribution in [2.75, 3.05) is 51.3 Å². The number of hydrogen-bond donors (Lipinski definition) is 0. The van der Waals surface area contributed by atoms with Crippen molar-refractivity contribution in [3.05, 3.63) is 23.9 Å². The lowest BCUT2D eigenvalue weighted by atomic mass is 10.2. The summed E-state index contributed by atoms with van der Waals surface area (Å²) in [6.45, 7) is 8.07. The van der Waals surface area contributed by atoms with Crippen molar-refractivity contribution in [2.45, 2.75) is 32.3 Å². The minimum absolute atomic E-state index is 0.223. The summed E-state index contributed by atoms with van der Waals surface area (Å²) in [6.07, 6.45) is 3.85. The van der Waals surface area contributed by atoms with Crippen LogP contribution in [-0.4, -0.2) is 67.4 Å². The van der Waals surface area contributed by atoms with Crippen LogP contribution in [0.2, 0.25) is 0 Å². The number of rotatable bonds is 4. The van der Waals surface area contributed by atoms with E-state index in [1.54, 1.807) is 7.11 Å². The summed E-state index contributed by atoms with van der Waals surface area (Å²) in [5, 5.41) is 1.08. The predicted molar refractivity (Wildman–Crippen MR) is 103 cm³/mol. The summed E-state index contributed by atoms with van der Waals surface area (Å²) < 4.78 is 11.5. The van der Waals surface area contributed by atoms with Gasteiger partial charge in [0.05, 0.1) is 24.4 Å². The van der Waals surface area contributed by atoms with Crippen LogP contribution < -0.4 is 9.64 Å². The third-order valence-electron chi connectivity index (χ3n) is 5.38. The van der Waals surface area contributed by atoms with Gasteiger partial charge in [-0.25, -0.2) is 9.97 Å². The quantitative estimate of drug-likeness (QED) is 0.839. The van der Waals surface area contributed by atoms with Gasteiger partial charge in [-0.2, -0.15) is 0 Å². The second kappa shape index (κ2) is 7.76. The molecule has 2 aliphatic heterocycles. The summed E-state index contributed by atoms with van der Waals surface area (Å²) in [6, 6.07) is 5.99. The second-order valence-electron chi connectivity index (χ2n) is 7.29. The molecule has 3 heterocycles. The van der Waals surface area contributed by atoms with Gasteiger partial charge in [0.1, 0.15) is 5.75 Å². The highest BCUT2D eigenvalue weighted by Crippen LogP contribution is 2.24. The Bertz CT molecular complexity index is 761. The molecule has 0 saturated carbocycles. The lowest BCUT2D eigenvalue weighted by Crippen LogP contribution is -2.40. The van der Waals surface area contributed by atoms with E-state index in [4.69, 9.17) is 19.4 Å². The molecule has 0 unspecified atom stereocenters. The molecule has 0 bridgehead atoms. The Kier molecular flexibility index (Phi) is 5.22. The molecule has 2 fully saturated rings. The van der Waals surface area contributed by atoms with Gasteiger partial charge in [-0.1, -0.05) is 0 Å². The summed E-state index contributed by atoms with van der Waals surface area (Å²) in [4.78, 5) is 14.4. The van der Waals surface area contributed by atoms with Crippen LogP contribution >= 0.6 is 0 Å². The molecule has 1 aromatic carbocycles. The van der Waals surface area contributed by atoms with Gasteiger partial charge in [-0.3, -0.25) is 0 Å². The number of hydrogen-bond acceptors (Lipinski definition) is 6. The molecule has 0 spiro atoms. The second-order valence-corrected chi connectivity index (χ2v) is 7.29. The van der Waals surface area contributed by atoms with E-state index >= 15 is 0 Å². The van der Waals surface area contributed by atoms with Crippen LogP contribution in [0.25, 0.3) is 10.9 Å². The van der Waals surface area contributed by atoms with Gasteiger partial charge >= 0.3 is 0 Å². The van der Waals surface area contributed by atoms with Crippen molar-refractivity contribution in [1.29, 1.82) is 0 Å². The minimum atomic E-state index is 0.223. The van der Waals surface area contributed by atoms with Crippen LogP contribution in [-0.2, 0) is 4.74 Å². The molecular formula is C20H28N4O2.